The van der Waals surface area contributed by atoms with Crippen LogP contribution in [0.15, 0.2) is 22.7 Å². The van der Waals surface area contributed by atoms with Gasteiger partial charge in [-0.15, -0.1) is 0 Å². The summed E-state index contributed by atoms with van der Waals surface area (Å²) < 4.78 is 5.57. The molecule has 1 aromatic carbocycles. The standard InChI is InChI=1S/C12H16BrNO2/c1-8-3-4-9(10(13)7-8)11(14)5-6-12(15)16-2/h3-4,7,11H,5-6,14H2,1-2H3. The molecular weight excluding hydrogens is 270 g/mol. The van der Waals surface area contributed by atoms with Gasteiger partial charge in [-0.25, -0.2) is 0 Å². The molecule has 0 spiro atoms. The molecule has 1 unspecified atom stereocenters. The predicted molar refractivity (Wildman–Crippen MR) is 67.1 cm³/mol. The SMILES string of the molecule is COC(=O)CCC(N)c1ccc(C)cc1Br. The van der Waals surface area contributed by atoms with Gasteiger partial charge in [0.2, 0.25) is 0 Å². The number of rotatable bonds is 4. The normalized spacial score (nSPS) is 12.2. The molecule has 0 bridgehead atoms. The topological polar surface area (TPSA) is 52.3 Å². The van der Waals surface area contributed by atoms with Gasteiger partial charge in [0, 0.05) is 16.9 Å². The number of hydrogen-bond acceptors (Lipinski definition) is 3. The Morgan fingerprint density at radius 3 is 2.81 bits per heavy atom. The Hall–Kier alpha value is -0.870. The maximum Gasteiger partial charge on any atom is 0.305 e. The summed E-state index contributed by atoms with van der Waals surface area (Å²) in [5, 5.41) is 0. The Morgan fingerprint density at radius 1 is 1.56 bits per heavy atom. The maximum atomic E-state index is 11.0. The third-order valence-electron chi connectivity index (χ3n) is 2.44. The first-order valence-corrected chi connectivity index (χ1v) is 5.92. The number of esters is 1. The number of carbonyl (C=O) groups excluding carboxylic acids is 1. The fourth-order valence-electron chi connectivity index (χ4n) is 1.46. The highest BCUT2D eigenvalue weighted by atomic mass is 79.9. The minimum absolute atomic E-state index is 0.144. The summed E-state index contributed by atoms with van der Waals surface area (Å²) in [6.07, 6.45) is 0.937. The summed E-state index contributed by atoms with van der Waals surface area (Å²) in [5.41, 5.74) is 8.21. The lowest BCUT2D eigenvalue weighted by Crippen LogP contribution is -2.13. The van der Waals surface area contributed by atoms with E-state index in [0.717, 1.165) is 10.0 Å². The number of halogens is 1. The molecule has 16 heavy (non-hydrogen) atoms. The zero-order valence-electron chi connectivity index (χ0n) is 9.50. The van der Waals surface area contributed by atoms with Crippen molar-refractivity contribution >= 4 is 21.9 Å². The van der Waals surface area contributed by atoms with Crippen LogP contribution in [0.25, 0.3) is 0 Å². The fraction of sp³-hybridized carbons (Fsp3) is 0.417. The van der Waals surface area contributed by atoms with Gasteiger partial charge in [0.25, 0.3) is 0 Å². The molecule has 1 atom stereocenters. The molecule has 0 radical (unpaired) electrons. The predicted octanol–water partition coefficient (Wildman–Crippen LogP) is 2.71. The van der Waals surface area contributed by atoms with E-state index in [9.17, 15) is 4.79 Å². The second-order valence-electron chi connectivity index (χ2n) is 3.75. The van der Waals surface area contributed by atoms with Gasteiger partial charge in [-0.2, -0.15) is 0 Å². The quantitative estimate of drug-likeness (QED) is 0.866. The van der Waals surface area contributed by atoms with Crippen LogP contribution in [-0.4, -0.2) is 13.1 Å². The van der Waals surface area contributed by atoms with Gasteiger partial charge >= 0.3 is 5.97 Å². The lowest BCUT2D eigenvalue weighted by molar-refractivity contribution is -0.140. The number of aryl methyl sites for hydroxylation is 1. The Bertz CT molecular complexity index is 379. The van der Waals surface area contributed by atoms with Gasteiger partial charge in [0.15, 0.2) is 0 Å². The first kappa shape index (κ1) is 13.2. The van der Waals surface area contributed by atoms with Crippen molar-refractivity contribution in [3.63, 3.8) is 0 Å². The lowest BCUT2D eigenvalue weighted by atomic mass is 10.0. The van der Waals surface area contributed by atoms with Crippen molar-refractivity contribution in [3.05, 3.63) is 33.8 Å². The largest absolute Gasteiger partial charge is 0.469 e. The lowest BCUT2D eigenvalue weighted by Gasteiger charge is -2.13. The van der Waals surface area contributed by atoms with Crippen molar-refractivity contribution in [2.75, 3.05) is 7.11 Å². The summed E-state index contributed by atoms with van der Waals surface area (Å²) in [4.78, 5) is 11.0. The van der Waals surface area contributed by atoms with Gasteiger partial charge in [0.05, 0.1) is 7.11 Å². The van der Waals surface area contributed by atoms with Gasteiger partial charge in [-0.1, -0.05) is 28.1 Å². The van der Waals surface area contributed by atoms with E-state index >= 15 is 0 Å². The second-order valence-corrected chi connectivity index (χ2v) is 4.60. The molecule has 0 aliphatic rings. The van der Waals surface area contributed by atoms with Crippen molar-refractivity contribution in [3.8, 4) is 0 Å². The Labute approximate surface area is 104 Å². The van der Waals surface area contributed by atoms with Crippen LogP contribution in [0.5, 0.6) is 0 Å². The molecule has 0 aliphatic carbocycles. The molecule has 2 N–H and O–H groups in total. The van der Waals surface area contributed by atoms with E-state index in [1.807, 2.05) is 25.1 Å². The number of methoxy groups -OCH3 is 1. The molecule has 0 amide bonds. The smallest absolute Gasteiger partial charge is 0.305 e. The van der Waals surface area contributed by atoms with E-state index in [1.165, 1.54) is 12.7 Å². The van der Waals surface area contributed by atoms with E-state index in [0.29, 0.717) is 12.8 Å². The zero-order valence-corrected chi connectivity index (χ0v) is 11.1. The van der Waals surface area contributed by atoms with Crippen molar-refractivity contribution in [2.45, 2.75) is 25.8 Å². The van der Waals surface area contributed by atoms with Crippen molar-refractivity contribution in [1.29, 1.82) is 0 Å². The molecule has 0 fully saturated rings. The highest BCUT2D eigenvalue weighted by Gasteiger charge is 2.12. The molecule has 4 heteroatoms. The van der Waals surface area contributed by atoms with Crippen LogP contribution in [0.4, 0.5) is 0 Å². The van der Waals surface area contributed by atoms with E-state index in [-0.39, 0.29) is 12.0 Å². The molecule has 1 rings (SSSR count). The van der Waals surface area contributed by atoms with Gasteiger partial charge in [-0.05, 0) is 30.5 Å². The Morgan fingerprint density at radius 2 is 2.25 bits per heavy atom. The number of nitrogens with two attached hydrogens (primary N) is 1. The molecule has 1 aromatic rings. The number of benzene rings is 1. The van der Waals surface area contributed by atoms with E-state index in [1.54, 1.807) is 0 Å². The minimum atomic E-state index is -0.223. The summed E-state index contributed by atoms with van der Waals surface area (Å²) in [6.45, 7) is 2.02. The highest BCUT2D eigenvalue weighted by molar-refractivity contribution is 9.10. The van der Waals surface area contributed by atoms with Crippen LogP contribution < -0.4 is 5.73 Å². The maximum absolute atomic E-state index is 11.0. The third-order valence-corrected chi connectivity index (χ3v) is 3.13. The van der Waals surface area contributed by atoms with Crippen LogP contribution in [-0.2, 0) is 9.53 Å². The van der Waals surface area contributed by atoms with Gasteiger partial charge in [-0.3, -0.25) is 4.79 Å². The van der Waals surface area contributed by atoms with E-state index in [4.69, 9.17) is 5.73 Å². The van der Waals surface area contributed by atoms with Crippen molar-refractivity contribution in [1.82, 2.24) is 0 Å². The van der Waals surface area contributed by atoms with Gasteiger partial charge < -0.3 is 10.5 Å². The molecule has 0 saturated carbocycles. The zero-order chi connectivity index (χ0) is 12.1. The molecule has 0 heterocycles. The van der Waals surface area contributed by atoms with Crippen LogP contribution >= 0.6 is 15.9 Å². The minimum Gasteiger partial charge on any atom is -0.469 e. The summed E-state index contributed by atoms with van der Waals surface area (Å²) >= 11 is 3.48. The van der Waals surface area contributed by atoms with Gasteiger partial charge in [0.1, 0.15) is 0 Å². The number of hydrogen-bond donors (Lipinski definition) is 1. The number of carbonyl (C=O) groups is 1. The highest BCUT2D eigenvalue weighted by Crippen LogP contribution is 2.25. The van der Waals surface area contributed by atoms with Crippen LogP contribution in [0.1, 0.15) is 30.0 Å². The van der Waals surface area contributed by atoms with E-state index < -0.39 is 0 Å². The third kappa shape index (κ3) is 3.61. The average molecular weight is 286 g/mol. The van der Waals surface area contributed by atoms with Crippen LogP contribution in [0.3, 0.4) is 0 Å². The molecule has 3 nitrogen and oxygen atoms in total. The van der Waals surface area contributed by atoms with Crippen LogP contribution in [0.2, 0.25) is 0 Å². The summed E-state index contributed by atoms with van der Waals surface area (Å²) in [6, 6.07) is 5.88. The second kappa shape index (κ2) is 6.01. The number of ether oxygens (including phenoxy) is 1. The van der Waals surface area contributed by atoms with Crippen molar-refractivity contribution < 1.29 is 9.53 Å². The van der Waals surface area contributed by atoms with E-state index in [2.05, 4.69) is 20.7 Å². The van der Waals surface area contributed by atoms with Crippen LogP contribution in [0, 0.1) is 6.92 Å². The first-order valence-electron chi connectivity index (χ1n) is 5.13. The summed E-state index contributed by atoms with van der Waals surface area (Å²) in [7, 11) is 1.38. The monoisotopic (exact) mass is 285 g/mol. The summed E-state index contributed by atoms with van der Waals surface area (Å²) in [5.74, 6) is -0.223. The fourth-order valence-corrected chi connectivity index (χ4v) is 2.25. The molecular formula is C12H16BrNO2. The Kier molecular flexibility index (Phi) is 4.96. The average Bonchev–Trinajstić information content (AvgIpc) is 2.25. The Balaban J connectivity index is 2.65. The molecule has 0 aromatic heterocycles. The van der Waals surface area contributed by atoms with Crippen molar-refractivity contribution in [2.24, 2.45) is 5.73 Å². The first-order chi connectivity index (χ1) is 7.54. The molecule has 0 aliphatic heterocycles. The molecule has 88 valence electrons. The molecule has 0 saturated heterocycles.